The molecule has 0 saturated carbocycles. The van der Waals surface area contributed by atoms with E-state index in [0.717, 1.165) is 10.7 Å². The fourth-order valence-corrected chi connectivity index (χ4v) is 2.32. The van der Waals surface area contributed by atoms with Gasteiger partial charge in [0.05, 0.1) is 6.42 Å². The molecule has 0 aliphatic heterocycles. The van der Waals surface area contributed by atoms with Gasteiger partial charge in [0.2, 0.25) is 0 Å². The highest BCUT2D eigenvalue weighted by Crippen LogP contribution is 2.16. The summed E-state index contributed by atoms with van der Waals surface area (Å²) >= 11 is 7.25. The number of hydrogen-bond donors (Lipinski definition) is 0. The first-order valence-corrected chi connectivity index (χ1v) is 6.70. The van der Waals surface area contributed by atoms with Crippen molar-refractivity contribution in [2.24, 2.45) is 0 Å². The van der Waals surface area contributed by atoms with Gasteiger partial charge in [-0.15, -0.1) is 11.3 Å². The van der Waals surface area contributed by atoms with Crippen LogP contribution in [-0.2, 0) is 11.2 Å². The van der Waals surface area contributed by atoms with E-state index in [9.17, 15) is 4.79 Å². The van der Waals surface area contributed by atoms with E-state index in [-0.39, 0.29) is 12.4 Å². The smallest absolute Gasteiger partial charge is 0.176 e. The van der Waals surface area contributed by atoms with Crippen molar-refractivity contribution in [1.82, 2.24) is 4.98 Å². The number of Topliss-reactive ketones (excluding diaryl/α,β-unsaturated/α-hetero) is 1. The van der Waals surface area contributed by atoms with Gasteiger partial charge in [0.25, 0.3) is 0 Å². The van der Waals surface area contributed by atoms with Crippen molar-refractivity contribution in [3.05, 3.63) is 45.4 Å². The molecule has 2 aromatic rings. The number of carbonyl (C=O) groups is 1. The van der Waals surface area contributed by atoms with Crippen molar-refractivity contribution in [3.63, 3.8) is 0 Å². The van der Waals surface area contributed by atoms with E-state index in [0.29, 0.717) is 17.2 Å². The largest absolute Gasteiger partial charge is 0.486 e. The zero-order chi connectivity index (χ0) is 13.0. The normalized spacial score (nSPS) is 10.3. The minimum atomic E-state index is 0.0132. The van der Waals surface area contributed by atoms with Crippen molar-refractivity contribution in [2.75, 3.05) is 6.61 Å². The summed E-state index contributed by atoms with van der Waals surface area (Å²) in [6.07, 6.45) is 0.325. The number of ether oxygens (including phenoxy) is 1. The van der Waals surface area contributed by atoms with Crippen LogP contribution in [0.25, 0.3) is 0 Å². The van der Waals surface area contributed by atoms with E-state index in [1.165, 1.54) is 11.3 Å². The summed E-state index contributed by atoms with van der Waals surface area (Å²) in [5, 5.41) is 3.41. The molecule has 0 aliphatic carbocycles. The molecule has 18 heavy (non-hydrogen) atoms. The number of benzene rings is 1. The Kier molecular flexibility index (Phi) is 4.33. The standard InChI is InChI=1S/C13H12ClNO2S/c1-9-8-18-13(15-9)6-11(16)7-17-12-4-2-10(14)3-5-12/h2-5,8H,6-7H2,1H3. The first-order chi connectivity index (χ1) is 8.63. The Morgan fingerprint density at radius 2 is 2.11 bits per heavy atom. The molecule has 0 saturated heterocycles. The van der Waals surface area contributed by atoms with E-state index in [1.807, 2.05) is 12.3 Å². The highest BCUT2D eigenvalue weighted by Gasteiger charge is 2.07. The maximum absolute atomic E-state index is 11.7. The molecule has 1 aromatic carbocycles. The maximum Gasteiger partial charge on any atom is 0.176 e. The lowest BCUT2D eigenvalue weighted by molar-refractivity contribution is -0.120. The summed E-state index contributed by atoms with van der Waals surface area (Å²) in [5.74, 6) is 0.655. The van der Waals surface area contributed by atoms with Crippen LogP contribution in [0.2, 0.25) is 5.02 Å². The van der Waals surface area contributed by atoms with Gasteiger partial charge in [-0.3, -0.25) is 4.79 Å². The van der Waals surface area contributed by atoms with Gasteiger partial charge in [-0.05, 0) is 31.2 Å². The maximum atomic E-state index is 11.7. The molecule has 0 unspecified atom stereocenters. The van der Waals surface area contributed by atoms with Crippen LogP contribution in [0.15, 0.2) is 29.6 Å². The average molecular weight is 282 g/mol. The number of hydrogen-bond acceptors (Lipinski definition) is 4. The third-order valence-corrected chi connectivity index (χ3v) is 3.45. The zero-order valence-corrected chi connectivity index (χ0v) is 11.4. The van der Waals surface area contributed by atoms with E-state index < -0.39 is 0 Å². The highest BCUT2D eigenvalue weighted by molar-refractivity contribution is 7.09. The minimum Gasteiger partial charge on any atom is -0.486 e. The predicted octanol–water partition coefficient (Wildman–Crippen LogP) is 3.30. The number of aromatic nitrogens is 1. The molecule has 0 amide bonds. The molecule has 0 N–H and O–H groups in total. The molecule has 0 bridgehead atoms. The topological polar surface area (TPSA) is 39.2 Å². The summed E-state index contributed by atoms with van der Waals surface area (Å²) < 4.78 is 5.37. The van der Waals surface area contributed by atoms with Gasteiger partial charge in [0.15, 0.2) is 5.78 Å². The second-order valence-electron chi connectivity index (χ2n) is 3.84. The SMILES string of the molecule is Cc1csc(CC(=O)COc2ccc(Cl)cc2)n1. The molecule has 5 heteroatoms. The van der Waals surface area contributed by atoms with Crippen LogP contribution >= 0.6 is 22.9 Å². The van der Waals surface area contributed by atoms with Crippen molar-refractivity contribution in [1.29, 1.82) is 0 Å². The Hall–Kier alpha value is -1.39. The Morgan fingerprint density at radius 3 is 2.72 bits per heavy atom. The van der Waals surface area contributed by atoms with Crippen molar-refractivity contribution < 1.29 is 9.53 Å². The summed E-state index contributed by atoms with van der Waals surface area (Å²) in [6, 6.07) is 6.93. The van der Waals surface area contributed by atoms with Crippen molar-refractivity contribution in [3.8, 4) is 5.75 Å². The van der Waals surface area contributed by atoms with E-state index in [2.05, 4.69) is 4.98 Å². The van der Waals surface area contributed by atoms with Crippen LogP contribution in [0.1, 0.15) is 10.7 Å². The molecule has 0 spiro atoms. The van der Waals surface area contributed by atoms with Crippen LogP contribution in [-0.4, -0.2) is 17.4 Å². The highest BCUT2D eigenvalue weighted by atomic mass is 35.5. The van der Waals surface area contributed by atoms with Gasteiger partial charge in [-0.1, -0.05) is 11.6 Å². The Bertz CT molecular complexity index is 536. The van der Waals surface area contributed by atoms with Crippen LogP contribution in [0, 0.1) is 6.92 Å². The summed E-state index contributed by atoms with van der Waals surface area (Å²) in [7, 11) is 0. The lowest BCUT2D eigenvalue weighted by atomic mass is 10.3. The van der Waals surface area contributed by atoms with Gasteiger partial charge in [-0.2, -0.15) is 0 Å². The summed E-state index contributed by atoms with van der Waals surface area (Å²) in [4.78, 5) is 15.9. The molecule has 0 atom stereocenters. The number of aryl methyl sites for hydroxylation is 1. The predicted molar refractivity (Wildman–Crippen MR) is 72.5 cm³/mol. The number of halogens is 1. The molecule has 3 nitrogen and oxygen atoms in total. The number of thiazole rings is 1. The van der Waals surface area contributed by atoms with Crippen molar-refractivity contribution >= 4 is 28.7 Å². The molecule has 1 heterocycles. The summed E-state index contributed by atoms with van der Waals surface area (Å²) in [6.45, 7) is 1.97. The molecule has 0 fully saturated rings. The molecular formula is C13H12ClNO2S. The third-order valence-electron chi connectivity index (χ3n) is 2.23. The van der Waals surface area contributed by atoms with E-state index in [4.69, 9.17) is 16.3 Å². The first-order valence-electron chi connectivity index (χ1n) is 5.44. The van der Waals surface area contributed by atoms with E-state index >= 15 is 0 Å². The first kappa shape index (κ1) is 13.1. The number of rotatable bonds is 5. The van der Waals surface area contributed by atoms with Crippen LogP contribution in [0.5, 0.6) is 5.75 Å². The fourth-order valence-electron chi connectivity index (χ4n) is 1.40. The number of ketones is 1. The fraction of sp³-hybridized carbons (Fsp3) is 0.231. The molecule has 0 radical (unpaired) electrons. The van der Waals surface area contributed by atoms with Gasteiger partial charge >= 0.3 is 0 Å². The van der Waals surface area contributed by atoms with Gasteiger partial charge in [0, 0.05) is 16.1 Å². The molecule has 2 rings (SSSR count). The number of carbonyl (C=O) groups excluding carboxylic acids is 1. The average Bonchev–Trinajstić information content (AvgIpc) is 2.74. The second kappa shape index (κ2) is 5.98. The molecule has 0 aliphatic rings. The number of nitrogens with zero attached hydrogens (tertiary/aromatic N) is 1. The molecular weight excluding hydrogens is 270 g/mol. The quantitative estimate of drug-likeness (QED) is 0.844. The lowest BCUT2D eigenvalue weighted by Gasteiger charge is -2.04. The Balaban J connectivity index is 1.83. The zero-order valence-electron chi connectivity index (χ0n) is 9.85. The van der Waals surface area contributed by atoms with Crippen LogP contribution in [0.3, 0.4) is 0 Å². The van der Waals surface area contributed by atoms with Gasteiger partial charge < -0.3 is 4.74 Å². The van der Waals surface area contributed by atoms with Gasteiger partial charge in [-0.25, -0.2) is 4.98 Å². The Morgan fingerprint density at radius 1 is 1.39 bits per heavy atom. The third kappa shape index (κ3) is 3.82. The molecule has 94 valence electrons. The lowest BCUT2D eigenvalue weighted by Crippen LogP contribution is -2.13. The second-order valence-corrected chi connectivity index (χ2v) is 5.22. The van der Waals surface area contributed by atoms with E-state index in [1.54, 1.807) is 24.3 Å². The minimum absolute atomic E-state index is 0.0132. The van der Waals surface area contributed by atoms with Crippen LogP contribution < -0.4 is 4.74 Å². The molecule has 1 aromatic heterocycles. The Labute approximate surface area is 114 Å². The monoisotopic (exact) mass is 281 g/mol. The van der Waals surface area contributed by atoms with Crippen molar-refractivity contribution in [2.45, 2.75) is 13.3 Å². The van der Waals surface area contributed by atoms with Gasteiger partial charge in [0.1, 0.15) is 17.4 Å². The summed E-state index contributed by atoms with van der Waals surface area (Å²) in [5.41, 5.74) is 0.946. The van der Waals surface area contributed by atoms with Crippen LogP contribution in [0.4, 0.5) is 0 Å².